The van der Waals surface area contributed by atoms with Crippen LogP contribution in [0.3, 0.4) is 0 Å². The average Bonchev–Trinajstić information content (AvgIpc) is 2.13. The highest BCUT2D eigenvalue weighted by atomic mass is 32.5. The van der Waals surface area contributed by atoms with Gasteiger partial charge < -0.3 is 5.32 Å². The van der Waals surface area contributed by atoms with Crippen molar-refractivity contribution in [3.05, 3.63) is 29.8 Å². The minimum absolute atomic E-state index is 0.187. The number of halogens is 5. The summed E-state index contributed by atoms with van der Waals surface area (Å²) >= 11 is 0. The molecule has 7 heteroatoms. The topological polar surface area (TPSA) is 12.0 Å². The highest BCUT2D eigenvalue weighted by molar-refractivity contribution is 8.45. The van der Waals surface area contributed by atoms with E-state index in [1.807, 2.05) is 0 Å². The van der Waals surface area contributed by atoms with Crippen LogP contribution in [-0.4, -0.2) is 7.05 Å². The first-order chi connectivity index (χ1) is 6.94. The molecule has 16 heavy (non-hydrogen) atoms. The van der Waals surface area contributed by atoms with E-state index < -0.39 is 15.1 Å². The maximum absolute atomic E-state index is 12.3. The Balaban J connectivity index is 3.16. The predicted molar refractivity (Wildman–Crippen MR) is 55.3 cm³/mol. The molecule has 0 heterocycles. The Morgan fingerprint density at radius 3 is 1.75 bits per heavy atom. The molecule has 0 bridgehead atoms. The van der Waals surface area contributed by atoms with Crippen LogP contribution in [0, 0.1) is 0 Å². The van der Waals surface area contributed by atoms with Gasteiger partial charge in [-0.2, -0.15) is 0 Å². The van der Waals surface area contributed by atoms with Crippen LogP contribution in [0.15, 0.2) is 29.2 Å². The summed E-state index contributed by atoms with van der Waals surface area (Å²) < 4.78 is 61.7. The molecule has 0 saturated heterocycles. The van der Waals surface area contributed by atoms with E-state index in [0.717, 1.165) is 12.1 Å². The minimum Gasteiger partial charge on any atom is -0.313 e. The van der Waals surface area contributed by atoms with Crippen LogP contribution in [0.2, 0.25) is 0 Å². The molecule has 0 aliphatic rings. The smallest absolute Gasteiger partial charge is 0.310 e. The van der Waals surface area contributed by atoms with Gasteiger partial charge in [0.1, 0.15) is 4.90 Å². The third kappa shape index (κ3) is 3.08. The zero-order chi connectivity index (χ0) is 12.7. The van der Waals surface area contributed by atoms with Crippen LogP contribution >= 0.6 is 10.2 Å². The van der Waals surface area contributed by atoms with Gasteiger partial charge in [-0.3, -0.25) is 0 Å². The summed E-state index contributed by atoms with van der Waals surface area (Å²) in [6.45, 7) is 1.72. The van der Waals surface area contributed by atoms with Crippen LogP contribution in [0.1, 0.15) is 18.5 Å². The second kappa shape index (κ2) is 3.10. The molecular weight excluding hydrogens is 249 g/mol. The second-order valence-corrected chi connectivity index (χ2v) is 5.96. The molecule has 1 nitrogen and oxygen atoms in total. The molecule has 0 aliphatic heterocycles. The van der Waals surface area contributed by atoms with Crippen molar-refractivity contribution >= 4 is 10.2 Å². The lowest BCUT2D eigenvalue weighted by molar-refractivity contribution is 0.364. The standard InChI is InChI=1S/C9H12F5NS/c1-7(15-2)8-3-5-9(6-4-8)16(10,11,12,13)14/h3-7,15H,1-2H3. The van der Waals surface area contributed by atoms with Crippen molar-refractivity contribution in [1.29, 1.82) is 0 Å². The first-order valence-corrected chi connectivity index (χ1v) is 6.40. The lowest BCUT2D eigenvalue weighted by atomic mass is 10.1. The molecule has 1 aromatic rings. The van der Waals surface area contributed by atoms with E-state index in [1.54, 1.807) is 14.0 Å². The Bertz CT molecular complexity index is 382. The summed E-state index contributed by atoms with van der Waals surface area (Å²) in [6.07, 6.45) is 0. The lowest BCUT2D eigenvalue weighted by Gasteiger charge is -2.40. The minimum atomic E-state index is -9.52. The monoisotopic (exact) mass is 261 g/mol. The van der Waals surface area contributed by atoms with Gasteiger partial charge >= 0.3 is 10.2 Å². The summed E-state index contributed by atoms with van der Waals surface area (Å²) in [4.78, 5) is -1.85. The lowest BCUT2D eigenvalue weighted by Crippen LogP contribution is -2.12. The molecule has 0 amide bonds. The summed E-state index contributed by atoms with van der Waals surface area (Å²) in [6, 6.07) is 2.76. The van der Waals surface area contributed by atoms with Crippen molar-refractivity contribution in [1.82, 2.24) is 5.32 Å². The third-order valence-electron chi connectivity index (χ3n) is 2.26. The number of hydrogen-bond donors (Lipinski definition) is 1. The molecule has 1 aromatic carbocycles. The molecule has 1 N–H and O–H groups in total. The number of nitrogens with one attached hydrogen (secondary N) is 1. The molecule has 1 rings (SSSR count). The van der Waals surface area contributed by atoms with Gasteiger partial charge in [0.2, 0.25) is 0 Å². The van der Waals surface area contributed by atoms with Crippen molar-refractivity contribution in [3.8, 4) is 0 Å². The molecular formula is C9H12F5NS. The fourth-order valence-electron chi connectivity index (χ4n) is 1.18. The Labute approximate surface area is 90.4 Å². The quantitative estimate of drug-likeness (QED) is 0.782. The highest BCUT2D eigenvalue weighted by Gasteiger charge is 2.65. The Hall–Kier alpha value is -0.820. The summed E-state index contributed by atoms with van der Waals surface area (Å²) in [5.41, 5.74) is 0.521. The molecule has 1 unspecified atom stereocenters. The van der Waals surface area contributed by atoms with Gasteiger partial charge in [0.15, 0.2) is 0 Å². The fourth-order valence-corrected chi connectivity index (χ4v) is 1.83. The highest BCUT2D eigenvalue weighted by Crippen LogP contribution is 3.02. The average molecular weight is 261 g/mol. The van der Waals surface area contributed by atoms with Crippen LogP contribution in [0.4, 0.5) is 19.4 Å². The van der Waals surface area contributed by atoms with Crippen molar-refractivity contribution in [2.24, 2.45) is 0 Å². The molecule has 0 aromatic heterocycles. The fraction of sp³-hybridized carbons (Fsp3) is 0.333. The van der Waals surface area contributed by atoms with Crippen LogP contribution in [0.5, 0.6) is 0 Å². The van der Waals surface area contributed by atoms with E-state index in [1.165, 1.54) is 0 Å². The van der Waals surface area contributed by atoms with Crippen molar-refractivity contribution in [3.63, 3.8) is 0 Å². The summed E-state index contributed by atoms with van der Waals surface area (Å²) in [5, 5.41) is 2.80. The molecule has 0 aliphatic carbocycles. The molecule has 0 saturated carbocycles. The van der Waals surface area contributed by atoms with Crippen molar-refractivity contribution in [2.45, 2.75) is 17.9 Å². The molecule has 0 fully saturated rings. The van der Waals surface area contributed by atoms with E-state index in [2.05, 4.69) is 5.32 Å². The number of benzene rings is 1. The van der Waals surface area contributed by atoms with Crippen molar-refractivity contribution < 1.29 is 19.4 Å². The van der Waals surface area contributed by atoms with E-state index >= 15 is 0 Å². The summed E-state index contributed by atoms with van der Waals surface area (Å²) in [5.74, 6) is 0. The Kier molecular flexibility index (Phi) is 2.57. The van der Waals surface area contributed by atoms with Crippen LogP contribution in [0.25, 0.3) is 0 Å². The van der Waals surface area contributed by atoms with Crippen LogP contribution < -0.4 is 5.32 Å². The number of hydrogen-bond acceptors (Lipinski definition) is 1. The zero-order valence-electron chi connectivity index (χ0n) is 8.68. The first-order valence-electron chi connectivity index (χ1n) is 4.45. The van der Waals surface area contributed by atoms with Gasteiger partial charge in [0, 0.05) is 6.04 Å². The SMILES string of the molecule is CNC(C)c1ccc(S(F)(F)(F)(F)F)cc1. The van der Waals surface area contributed by atoms with Crippen molar-refractivity contribution in [2.75, 3.05) is 7.05 Å². The number of rotatable bonds is 3. The maximum atomic E-state index is 12.3. The third-order valence-corrected chi connectivity index (χ3v) is 3.42. The van der Waals surface area contributed by atoms with Gasteiger partial charge in [-0.1, -0.05) is 31.6 Å². The molecule has 94 valence electrons. The first kappa shape index (κ1) is 13.2. The Morgan fingerprint density at radius 2 is 1.44 bits per heavy atom. The zero-order valence-corrected chi connectivity index (χ0v) is 9.50. The Morgan fingerprint density at radius 1 is 1.00 bits per heavy atom. The van der Waals surface area contributed by atoms with Gasteiger partial charge in [-0.05, 0) is 31.7 Å². The normalized spacial score (nSPS) is 18.7. The van der Waals surface area contributed by atoms with E-state index in [-0.39, 0.29) is 6.04 Å². The van der Waals surface area contributed by atoms with E-state index in [0.29, 0.717) is 17.7 Å². The molecule has 1 atom stereocenters. The summed E-state index contributed by atoms with van der Waals surface area (Å²) in [7, 11) is -7.89. The molecule has 0 spiro atoms. The van der Waals surface area contributed by atoms with Gasteiger partial charge in [-0.15, -0.1) is 0 Å². The van der Waals surface area contributed by atoms with Gasteiger partial charge in [0.25, 0.3) is 0 Å². The maximum Gasteiger partial charge on any atom is 0.310 e. The van der Waals surface area contributed by atoms with E-state index in [4.69, 9.17) is 0 Å². The van der Waals surface area contributed by atoms with Crippen LogP contribution in [-0.2, 0) is 0 Å². The van der Waals surface area contributed by atoms with E-state index in [9.17, 15) is 19.4 Å². The predicted octanol–water partition coefficient (Wildman–Crippen LogP) is 4.62. The van der Waals surface area contributed by atoms with Gasteiger partial charge in [0.05, 0.1) is 0 Å². The molecule has 0 radical (unpaired) electrons. The second-order valence-electron chi connectivity index (χ2n) is 3.55. The largest absolute Gasteiger partial charge is 0.313 e. The van der Waals surface area contributed by atoms with Gasteiger partial charge in [-0.25, -0.2) is 0 Å².